The van der Waals surface area contributed by atoms with Crippen molar-refractivity contribution in [2.45, 2.75) is 127 Å². The molecular formula is C31H38F6O8. The van der Waals surface area contributed by atoms with Gasteiger partial charge in [-0.15, -0.1) is 0 Å². The number of carbonyl (C=O) groups is 4. The van der Waals surface area contributed by atoms with Crippen molar-refractivity contribution in [3.8, 4) is 0 Å². The van der Waals surface area contributed by atoms with Gasteiger partial charge in [0.25, 0.3) is 0 Å². The molecule has 0 aromatic carbocycles. The molecule has 2 saturated heterocycles. The Kier molecular flexibility index (Phi) is 8.79. The second kappa shape index (κ2) is 12.1. The summed E-state index contributed by atoms with van der Waals surface area (Å²) < 4.78 is 111. The summed E-state index contributed by atoms with van der Waals surface area (Å²) in [7, 11) is 0. The number of fused-ring (bicyclic) bond motifs is 2. The van der Waals surface area contributed by atoms with E-state index in [1.165, 1.54) is 0 Å². The van der Waals surface area contributed by atoms with Crippen LogP contribution in [0.15, 0.2) is 0 Å². The van der Waals surface area contributed by atoms with E-state index in [0.29, 0.717) is 25.7 Å². The maximum atomic E-state index is 14.8. The van der Waals surface area contributed by atoms with Crippen LogP contribution in [0.1, 0.15) is 89.9 Å². The summed E-state index contributed by atoms with van der Waals surface area (Å²) in [5.41, 5.74) is -3.85. The van der Waals surface area contributed by atoms with Crippen LogP contribution in [0.2, 0.25) is 0 Å². The molecule has 4 aliphatic carbocycles. The van der Waals surface area contributed by atoms with Gasteiger partial charge in [-0.05, 0) is 102 Å². The number of hydrogen-bond acceptors (Lipinski definition) is 8. The quantitative estimate of drug-likeness (QED) is 0.196. The lowest BCUT2D eigenvalue weighted by atomic mass is 9.57. The maximum Gasteiger partial charge on any atom is 0.403 e. The molecule has 8 nitrogen and oxygen atoms in total. The van der Waals surface area contributed by atoms with E-state index >= 15 is 0 Å². The molecule has 252 valence electrons. The minimum atomic E-state index is -5.51. The third-order valence-electron chi connectivity index (χ3n) is 11.6. The minimum Gasteiger partial charge on any atom is -0.393 e. The number of rotatable bonds is 6. The summed E-state index contributed by atoms with van der Waals surface area (Å²) in [5, 5.41) is 0. The van der Waals surface area contributed by atoms with Gasteiger partial charge in [0.2, 0.25) is 0 Å². The predicted octanol–water partition coefficient (Wildman–Crippen LogP) is 5.98. The Bertz CT molecular complexity index is 1080. The SMILES string of the molecule is O=C1OC(=O)C2CC(OC3CCC(C(C4CCC(OC5CCC6C(=O)OC(=O)C6C5)CC4)(C(F)(F)F)C(F)(F)F)CC3)CCC12. The van der Waals surface area contributed by atoms with Crippen LogP contribution >= 0.6 is 0 Å². The van der Waals surface area contributed by atoms with Gasteiger partial charge in [0.1, 0.15) is 0 Å². The molecule has 6 aliphatic rings. The molecule has 2 aliphatic heterocycles. The summed E-state index contributed by atoms with van der Waals surface area (Å²) in [6, 6.07) is 0. The minimum absolute atomic E-state index is 0.0415. The number of carbonyl (C=O) groups excluding carboxylic acids is 4. The molecule has 6 unspecified atom stereocenters. The van der Waals surface area contributed by atoms with Gasteiger partial charge < -0.3 is 18.9 Å². The third kappa shape index (κ3) is 5.91. The van der Waals surface area contributed by atoms with Crippen LogP contribution in [0, 0.1) is 40.9 Å². The molecule has 45 heavy (non-hydrogen) atoms. The van der Waals surface area contributed by atoms with Crippen molar-refractivity contribution in [3.63, 3.8) is 0 Å². The van der Waals surface area contributed by atoms with E-state index in [1.807, 2.05) is 0 Å². The molecule has 0 aromatic rings. The molecule has 0 aromatic heterocycles. The smallest absolute Gasteiger partial charge is 0.393 e. The maximum absolute atomic E-state index is 14.8. The summed E-state index contributed by atoms with van der Waals surface area (Å²) in [6.45, 7) is 0. The van der Waals surface area contributed by atoms with Crippen LogP contribution in [0.5, 0.6) is 0 Å². The largest absolute Gasteiger partial charge is 0.403 e. The highest BCUT2D eigenvalue weighted by Gasteiger charge is 2.76. The topological polar surface area (TPSA) is 105 Å². The van der Waals surface area contributed by atoms with Gasteiger partial charge in [-0.3, -0.25) is 19.2 Å². The second-order valence-electron chi connectivity index (χ2n) is 13.9. The van der Waals surface area contributed by atoms with Gasteiger partial charge in [0, 0.05) is 0 Å². The van der Waals surface area contributed by atoms with E-state index in [2.05, 4.69) is 0 Å². The molecule has 0 N–H and O–H groups in total. The molecule has 6 atom stereocenters. The monoisotopic (exact) mass is 652 g/mol. The zero-order chi connectivity index (χ0) is 32.3. The zero-order valence-corrected chi connectivity index (χ0v) is 24.7. The summed E-state index contributed by atoms with van der Waals surface area (Å²) in [5.74, 6) is -7.89. The van der Waals surface area contributed by atoms with Gasteiger partial charge in [0.05, 0.1) is 48.1 Å². The van der Waals surface area contributed by atoms with Crippen molar-refractivity contribution in [2.75, 3.05) is 0 Å². The molecule has 6 rings (SSSR count). The highest BCUT2D eigenvalue weighted by atomic mass is 19.4. The Balaban J connectivity index is 1.07. The first kappa shape index (κ1) is 32.7. The molecule has 0 bridgehead atoms. The summed E-state index contributed by atoms with van der Waals surface area (Å²) >= 11 is 0. The van der Waals surface area contributed by atoms with Crippen molar-refractivity contribution < 1.29 is 64.5 Å². The van der Waals surface area contributed by atoms with E-state index in [0.717, 1.165) is 0 Å². The Morgan fingerprint density at radius 2 is 0.756 bits per heavy atom. The molecule has 0 amide bonds. The number of hydrogen-bond donors (Lipinski definition) is 0. The number of ether oxygens (including phenoxy) is 4. The van der Waals surface area contributed by atoms with Crippen molar-refractivity contribution in [2.24, 2.45) is 40.9 Å². The molecule has 2 heterocycles. The fraction of sp³-hybridized carbons (Fsp3) is 0.871. The summed E-state index contributed by atoms with van der Waals surface area (Å²) in [4.78, 5) is 47.6. The Hall–Kier alpha value is -2.22. The third-order valence-corrected chi connectivity index (χ3v) is 11.6. The lowest BCUT2D eigenvalue weighted by Crippen LogP contribution is -2.61. The zero-order valence-electron chi connectivity index (χ0n) is 24.7. The standard InChI is InChI=1S/C31H38F6O8/c32-30(33,34)29(31(35,36)37,15-1-5-17(6-2-15)42-19-9-11-21-23(13-19)27(40)44-25(21)38)16-3-7-18(8-4-16)43-20-10-12-22-24(14-20)28(41)45-26(22)39/h15-24H,1-14H2. The van der Waals surface area contributed by atoms with Crippen molar-refractivity contribution in [1.82, 2.24) is 0 Å². The van der Waals surface area contributed by atoms with E-state index in [9.17, 15) is 45.5 Å². The van der Waals surface area contributed by atoms with Crippen molar-refractivity contribution >= 4 is 23.9 Å². The van der Waals surface area contributed by atoms with Crippen molar-refractivity contribution in [1.29, 1.82) is 0 Å². The van der Waals surface area contributed by atoms with Gasteiger partial charge >= 0.3 is 36.2 Å². The Labute approximate surface area is 256 Å². The van der Waals surface area contributed by atoms with Gasteiger partial charge in [-0.2, -0.15) is 26.3 Å². The number of esters is 4. The summed E-state index contributed by atoms with van der Waals surface area (Å²) in [6.07, 6.45) is -11.7. The first-order valence-electron chi connectivity index (χ1n) is 16.1. The first-order chi connectivity index (χ1) is 21.2. The number of alkyl halides is 6. The molecule has 0 radical (unpaired) electrons. The van der Waals surface area contributed by atoms with Crippen LogP contribution < -0.4 is 0 Å². The van der Waals surface area contributed by atoms with Crippen LogP contribution in [-0.4, -0.2) is 60.6 Å². The molecule has 6 fully saturated rings. The second-order valence-corrected chi connectivity index (χ2v) is 13.9. The number of halogens is 6. The van der Waals surface area contributed by atoms with Crippen LogP contribution in [-0.2, 0) is 38.1 Å². The Morgan fingerprint density at radius 1 is 0.444 bits per heavy atom. The lowest BCUT2D eigenvalue weighted by Gasteiger charge is -2.51. The van der Waals surface area contributed by atoms with E-state index < -0.39 is 102 Å². The predicted molar refractivity (Wildman–Crippen MR) is 140 cm³/mol. The average Bonchev–Trinajstić information content (AvgIpc) is 3.41. The Morgan fingerprint density at radius 3 is 1.09 bits per heavy atom. The van der Waals surface area contributed by atoms with E-state index in [1.54, 1.807) is 0 Å². The van der Waals surface area contributed by atoms with E-state index in [4.69, 9.17) is 18.9 Å². The lowest BCUT2D eigenvalue weighted by molar-refractivity contribution is -0.383. The number of cyclic esters (lactones) is 4. The molecule has 0 spiro atoms. The van der Waals surface area contributed by atoms with Crippen LogP contribution in [0.4, 0.5) is 26.3 Å². The van der Waals surface area contributed by atoms with Crippen LogP contribution in [0.3, 0.4) is 0 Å². The van der Waals surface area contributed by atoms with Crippen molar-refractivity contribution in [3.05, 3.63) is 0 Å². The van der Waals surface area contributed by atoms with Gasteiger partial charge in [-0.25, -0.2) is 0 Å². The fourth-order valence-corrected chi connectivity index (χ4v) is 9.37. The molecule has 14 heteroatoms. The molecule has 4 saturated carbocycles. The first-order valence-corrected chi connectivity index (χ1v) is 16.1. The van der Waals surface area contributed by atoms with E-state index in [-0.39, 0.29) is 64.2 Å². The average molecular weight is 653 g/mol. The highest BCUT2D eigenvalue weighted by Crippen LogP contribution is 2.65. The molecular weight excluding hydrogens is 614 g/mol. The fourth-order valence-electron chi connectivity index (χ4n) is 9.37. The van der Waals surface area contributed by atoms with Gasteiger partial charge in [-0.1, -0.05) is 0 Å². The van der Waals surface area contributed by atoms with Crippen LogP contribution in [0.25, 0.3) is 0 Å². The highest BCUT2D eigenvalue weighted by molar-refractivity contribution is 5.97. The van der Waals surface area contributed by atoms with Gasteiger partial charge in [0.15, 0.2) is 5.41 Å². The normalized spacial score (nSPS) is 39.7.